The van der Waals surface area contributed by atoms with E-state index in [0.29, 0.717) is 22.0 Å². The summed E-state index contributed by atoms with van der Waals surface area (Å²) in [4.78, 5) is 41.1. The van der Waals surface area contributed by atoms with E-state index in [4.69, 9.17) is 16.3 Å². The second kappa shape index (κ2) is 10.2. The van der Waals surface area contributed by atoms with Crippen LogP contribution in [0.5, 0.6) is 0 Å². The summed E-state index contributed by atoms with van der Waals surface area (Å²) in [5.74, 6) is -1.41. The van der Waals surface area contributed by atoms with Crippen LogP contribution in [0.15, 0.2) is 94.4 Å². The summed E-state index contributed by atoms with van der Waals surface area (Å²) in [7, 11) is 0. The zero-order valence-electron chi connectivity index (χ0n) is 18.4. The van der Waals surface area contributed by atoms with Gasteiger partial charge in [-0.2, -0.15) is 0 Å². The summed E-state index contributed by atoms with van der Waals surface area (Å²) >= 11 is 7.17. The van der Waals surface area contributed by atoms with Crippen molar-refractivity contribution in [2.75, 3.05) is 10.2 Å². The number of hydrogen-bond donors (Lipinski definition) is 1. The minimum absolute atomic E-state index is 0.180. The standard InChI is InChI=1S/C26H21ClN2O4S/c1-16(2)33-26(32)17-8-12-20(13-9-17)29-24(30)22(28-19-6-4-3-5-7-19)23(25(29)31)34-21-14-10-18(27)11-15-21/h3-16,28H,1-2H3. The molecule has 0 spiro atoms. The Bertz CT molecular complexity index is 1260. The molecular weight excluding hydrogens is 472 g/mol. The van der Waals surface area contributed by atoms with Crippen LogP contribution in [0, 0.1) is 0 Å². The highest BCUT2D eigenvalue weighted by Gasteiger charge is 2.40. The second-order valence-corrected chi connectivity index (χ2v) is 9.22. The molecule has 1 heterocycles. The van der Waals surface area contributed by atoms with Crippen LogP contribution in [0.4, 0.5) is 11.4 Å². The van der Waals surface area contributed by atoms with Gasteiger partial charge < -0.3 is 10.1 Å². The van der Waals surface area contributed by atoms with Gasteiger partial charge in [-0.15, -0.1) is 0 Å². The minimum Gasteiger partial charge on any atom is -0.459 e. The number of nitrogens with one attached hydrogen (secondary N) is 1. The number of carbonyl (C=O) groups excluding carboxylic acids is 3. The summed E-state index contributed by atoms with van der Waals surface area (Å²) < 4.78 is 5.20. The number of nitrogens with zero attached hydrogens (tertiary/aromatic N) is 1. The molecule has 3 aromatic carbocycles. The van der Waals surface area contributed by atoms with Crippen LogP contribution in [0.25, 0.3) is 0 Å². The van der Waals surface area contributed by atoms with Gasteiger partial charge in [0.1, 0.15) is 10.6 Å². The number of thioether (sulfide) groups is 1. The molecule has 1 aliphatic heterocycles. The number of esters is 1. The van der Waals surface area contributed by atoms with Crippen molar-refractivity contribution in [2.24, 2.45) is 0 Å². The molecule has 3 aromatic rings. The lowest BCUT2D eigenvalue weighted by Crippen LogP contribution is -2.32. The number of carbonyl (C=O) groups is 3. The maximum atomic E-state index is 13.4. The molecule has 0 saturated heterocycles. The SMILES string of the molecule is CC(C)OC(=O)c1ccc(N2C(=O)C(Nc3ccccc3)=C(Sc3ccc(Cl)cc3)C2=O)cc1. The average Bonchev–Trinajstić information content (AvgIpc) is 3.04. The van der Waals surface area contributed by atoms with Crippen molar-refractivity contribution in [3.8, 4) is 0 Å². The number of benzene rings is 3. The van der Waals surface area contributed by atoms with E-state index in [2.05, 4.69) is 5.32 Å². The summed E-state index contributed by atoms with van der Waals surface area (Å²) in [6.07, 6.45) is -0.253. The van der Waals surface area contributed by atoms with Gasteiger partial charge in [-0.1, -0.05) is 41.6 Å². The largest absolute Gasteiger partial charge is 0.459 e. The fourth-order valence-electron chi connectivity index (χ4n) is 3.26. The predicted molar refractivity (Wildman–Crippen MR) is 134 cm³/mol. The van der Waals surface area contributed by atoms with Crippen LogP contribution in [0.1, 0.15) is 24.2 Å². The number of rotatable bonds is 7. The third kappa shape index (κ3) is 5.16. The lowest BCUT2D eigenvalue weighted by atomic mass is 10.2. The van der Waals surface area contributed by atoms with Gasteiger partial charge in [0.2, 0.25) is 0 Å². The molecule has 2 amide bonds. The molecule has 34 heavy (non-hydrogen) atoms. The van der Waals surface area contributed by atoms with Crippen LogP contribution < -0.4 is 10.2 Å². The van der Waals surface area contributed by atoms with Gasteiger partial charge in [-0.25, -0.2) is 9.69 Å². The van der Waals surface area contributed by atoms with Gasteiger partial charge in [0, 0.05) is 15.6 Å². The molecule has 1 aliphatic rings. The smallest absolute Gasteiger partial charge is 0.338 e. The Labute approximate surface area is 206 Å². The van der Waals surface area contributed by atoms with Crippen LogP contribution in [0.2, 0.25) is 5.02 Å². The van der Waals surface area contributed by atoms with E-state index in [1.807, 2.05) is 30.3 Å². The molecular formula is C26H21ClN2O4S. The highest BCUT2D eigenvalue weighted by atomic mass is 35.5. The molecule has 0 unspecified atom stereocenters. The van der Waals surface area contributed by atoms with E-state index in [-0.39, 0.29) is 16.7 Å². The highest BCUT2D eigenvalue weighted by Crippen LogP contribution is 2.38. The number of imide groups is 1. The highest BCUT2D eigenvalue weighted by molar-refractivity contribution is 8.04. The summed E-state index contributed by atoms with van der Waals surface area (Å²) in [5.41, 5.74) is 1.55. The van der Waals surface area contributed by atoms with Crippen LogP contribution >= 0.6 is 23.4 Å². The maximum absolute atomic E-state index is 13.4. The minimum atomic E-state index is -0.483. The van der Waals surface area contributed by atoms with Crippen LogP contribution in [-0.4, -0.2) is 23.9 Å². The Morgan fingerprint density at radius 2 is 1.56 bits per heavy atom. The first-order chi connectivity index (χ1) is 16.3. The van der Waals surface area contributed by atoms with E-state index >= 15 is 0 Å². The number of halogens is 1. The van der Waals surface area contributed by atoms with Gasteiger partial charge >= 0.3 is 5.97 Å². The first-order valence-corrected chi connectivity index (χ1v) is 11.7. The Balaban J connectivity index is 1.66. The molecule has 172 valence electrons. The molecule has 8 heteroatoms. The average molecular weight is 493 g/mol. The lowest BCUT2D eigenvalue weighted by Gasteiger charge is -2.16. The number of amides is 2. The quantitative estimate of drug-likeness (QED) is 0.327. The zero-order chi connectivity index (χ0) is 24.2. The van der Waals surface area contributed by atoms with E-state index in [1.165, 1.54) is 23.9 Å². The molecule has 0 aliphatic carbocycles. The number of para-hydroxylation sites is 1. The fraction of sp³-hybridized carbons (Fsp3) is 0.115. The Hall–Kier alpha value is -3.55. The second-order valence-electron chi connectivity index (χ2n) is 7.70. The van der Waals surface area contributed by atoms with E-state index < -0.39 is 17.8 Å². The maximum Gasteiger partial charge on any atom is 0.338 e. The van der Waals surface area contributed by atoms with Crippen molar-refractivity contribution >= 4 is 52.5 Å². The number of anilines is 2. The Morgan fingerprint density at radius 3 is 2.18 bits per heavy atom. The third-order valence-electron chi connectivity index (χ3n) is 4.82. The summed E-state index contributed by atoms with van der Waals surface area (Å²) in [5, 5.41) is 3.68. The van der Waals surface area contributed by atoms with Crippen molar-refractivity contribution in [3.05, 3.63) is 100 Å². The van der Waals surface area contributed by atoms with Crippen molar-refractivity contribution in [1.82, 2.24) is 0 Å². The van der Waals surface area contributed by atoms with Crippen molar-refractivity contribution in [3.63, 3.8) is 0 Å². The normalized spacial score (nSPS) is 13.6. The molecule has 0 bridgehead atoms. The number of ether oxygens (including phenoxy) is 1. The van der Waals surface area contributed by atoms with Crippen molar-refractivity contribution in [2.45, 2.75) is 24.8 Å². The van der Waals surface area contributed by atoms with Gasteiger partial charge in [-0.3, -0.25) is 9.59 Å². The van der Waals surface area contributed by atoms with Crippen LogP contribution in [0.3, 0.4) is 0 Å². The molecule has 0 radical (unpaired) electrons. The molecule has 0 fully saturated rings. The molecule has 4 rings (SSSR count). The van der Waals surface area contributed by atoms with Gasteiger partial charge in [0.15, 0.2) is 0 Å². The first kappa shape index (κ1) is 23.6. The van der Waals surface area contributed by atoms with E-state index in [0.717, 1.165) is 9.80 Å². The number of hydrogen-bond acceptors (Lipinski definition) is 6. The molecule has 0 atom stereocenters. The zero-order valence-corrected chi connectivity index (χ0v) is 20.0. The predicted octanol–water partition coefficient (Wildman–Crippen LogP) is 5.89. The van der Waals surface area contributed by atoms with E-state index in [9.17, 15) is 14.4 Å². The van der Waals surface area contributed by atoms with Gasteiger partial charge in [-0.05, 0) is 74.5 Å². The fourth-order valence-corrected chi connectivity index (χ4v) is 4.32. The van der Waals surface area contributed by atoms with Crippen molar-refractivity contribution < 1.29 is 19.1 Å². The van der Waals surface area contributed by atoms with E-state index in [1.54, 1.807) is 50.2 Å². The van der Waals surface area contributed by atoms with Crippen molar-refractivity contribution in [1.29, 1.82) is 0 Å². The summed E-state index contributed by atoms with van der Waals surface area (Å²) in [6.45, 7) is 3.53. The molecule has 0 saturated carbocycles. The molecule has 1 N–H and O–H groups in total. The van der Waals surface area contributed by atoms with Crippen LogP contribution in [-0.2, 0) is 14.3 Å². The lowest BCUT2D eigenvalue weighted by molar-refractivity contribution is -0.120. The molecule has 0 aromatic heterocycles. The van der Waals surface area contributed by atoms with Gasteiger partial charge in [0.05, 0.1) is 17.4 Å². The topological polar surface area (TPSA) is 75.7 Å². The first-order valence-electron chi connectivity index (χ1n) is 10.5. The molecule has 6 nitrogen and oxygen atoms in total. The Kier molecular flexibility index (Phi) is 7.05. The monoisotopic (exact) mass is 492 g/mol. The Morgan fingerprint density at radius 1 is 0.912 bits per heavy atom. The summed E-state index contributed by atoms with van der Waals surface area (Å²) in [6, 6.07) is 22.4. The third-order valence-corrected chi connectivity index (χ3v) is 6.16. The van der Waals surface area contributed by atoms with Gasteiger partial charge in [0.25, 0.3) is 11.8 Å².